The number of fused-ring (bicyclic) bond motifs is 3. The van der Waals surface area contributed by atoms with Crippen LogP contribution in [-0.2, 0) is 16.6 Å². The first-order valence-corrected chi connectivity index (χ1v) is 10.1. The normalized spacial score (nSPS) is 12.3. The van der Waals surface area contributed by atoms with Crippen LogP contribution in [0, 0.1) is 0 Å². The number of nitrogens with one attached hydrogen (secondary N) is 1. The van der Waals surface area contributed by atoms with Crippen molar-refractivity contribution in [1.82, 2.24) is 5.32 Å². The van der Waals surface area contributed by atoms with Gasteiger partial charge in [0, 0.05) is 17.8 Å². The average molecular weight is 422 g/mol. The summed E-state index contributed by atoms with van der Waals surface area (Å²) in [7, 11) is 0. The van der Waals surface area contributed by atoms with Gasteiger partial charge in [-0.2, -0.15) is 0 Å². The van der Waals surface area contributed by atoms with Crippen LogP contribution in [-0.4, -0.2) is 12.7 Å². The Morgan fingerprint density at radius 1 is 0.889 bits per heavy atom. The number of alkyl carbamates (subject to hydrolysis) is 1. The number of hydrogen-bond donors (Lipinski definition) is 1. The molecular formula is C23H20BrNO2. The van der Waals surface area contributed by atoms with E-state index in [0.717, 1.165) is 10.9 Å². The lowest BCUT2D eigenvalue weighted by molar-refractivity contribution is 0.142. The Morgan fingerprint density at radius 2 is 1.52 bits per heavy atom. The van der Waals surface area contributed by atoms with Crippen molar-refractivity contribution < 1.29 is 9.53 Å². The molecule has 0 spiro atoms. The van der Waals surface area contributed by atoms with Crippen LogP contribution in [0.15, 0.2) is 72.8 Å². The van der Waals surface area contributed by atoms with E-state index in [1.165, 1.54) is 27.8 Å². The zero-order chi connectivity index (χ0) is 18.6. The van der Waals surface area contributed by atoms with Gasteiger partial charge in [0.2, 0.25) is 0 Å². The number of hydrogen-bond acceptors (Lipinski definition) is 2. The minimum atomic E-state index is -0.388. The van der Waals surface area contributed by atoms with Crippen molar-refractivity contribution in [3.05, 3.63) is 95.1 Å². The van der Waals surface area contributed by atoms with Crippen molar-refractivity contribution in [1.29, 1.82) is 0 Å². The maximum Gasteiger partial charge on any atom is 0.407 e. The molecule has 0 aromatic heterocycles. The van der Waals surface area contributed by atoms with Gasteiger partial charge in [0.1, 0.15) is 6.61 Å². The topological polar surface area (TPSA) is 38.3 Å². The van der Waals surface area contributed by atoms with Crippen LogP contribution in [0.2, 0.25) is 0 Å². The van der Waals surface area contributed by atoms with E-state index < -0.39 is 0 Å². The fourth-order valence-corrected chi connectivity index (χ4v) is 4.00. The molecule has 3 aromatic rings. The zero-order valence-corrected chi connectivity index (χ0v) is 16.4. The summed E-state index contributed by atoms with van der Waals surface area (Å²) in [6, 6.07) is 24.8. The minimum Gasteiger partial charge on any atom is -0.449 e. The van der Waals surface area contributed by atoms with E-state index in [0.29, 0.717) is 13.2 Å². The lowest BCUT2D eigenvalue weighted by Gasteiger charge is -2.14. The molecule has 3 aromatic carbocycles. The molecule has 4 rings (SSSR count). The smallest absolute Gasteiger partial charge is 0.407 e. The Kier molecular flexibility index (Phi) is 5.26. The summed E-state index contributed by atoms with van der Waals surface area (Å²) in [6.45, 7) is 0.790. The average Bonchev–Trinajstić information content (AvgIpc) is 3.05. The number of rotatable bonds is 5. The van der Waals surface area contributed by atoms with E-state index in [-0.39, 0.29) is 12.0 Å². The van der Waals surface area contributed by atoms with Gasteiger partial charge in [-0.25, -0.2) is 4.79 Å². The molecule has 1 aliphatic carbocycles. The molecule has 0 bridgehead atoms. The van der Waals surface area contributed by atoms with Gasteiger partial charge in [-0.1, -0.05) is 88.7 Å². The third kappa shape index (κ3) is 3.76. The highest BCUT2D eigenvalue weighted by Gasteiger charge is 2.28. The third-order valence-electron chi connectivity index (χ3n) is 4.93. The van der Waals surface area contributed by atoms with E-state index >= 15 is 0 Å². The molecular weight excluding hydrogens is 402 g/mol. The van der Waals surface area contributed by atoms with E-state index in [4.69, 9.17) is 4.74 Å². The van der Waals surface area contributed by atoms with Gasteiger partial charge < -0.3 is 10.1 Å². The highest BCUT2D eigenvalue weighted by molar-refractivity contribution is 9.08. The number of amides is 1. The van der Waals surface area contributed by atoms with Crippen LogP contribution in [0.3, 0.4) is 0 Å². The van der Waals surface area contributed by atoms with Gasteiger partial charge in [-0.15, -0.1) is 0 Å². The molecule has 136 valence electrons. The number of carbonyl (C=O) groups excluding carboxylic acids is 1. The van der Waals surface area contributed by atoms with Gasteiger partial charge >= 0.3 is 6.09 Å². The molecule has 0 heterocycles. The van der Waals surface area contributed by atoms with Gasteiger partial charge in [-0.3, -0.25) is 0 Å². The van der Waals surface area contributed by atoms with Crippen LogP contribution in [0.1, 0.15) is 28.2 Å². The van der Waals surface area contributed by atoms with E-state index in [9.17, 15) is 4.79 Å². The molecule has 0 saturated carbocycles. The first kappa shape index (κ1) is 17.8. The second-order valence-corrected chi connectivity index (χ2v) is 7.19. The Labute approximate surface area is 167 Å². The van der Waals surface area contributed by atoms with Gasteiger partial charge in [0.15, 0.2) is 0 Å². The number of halogens is 1. The molecule has 3 nitrogen and oxygen atoms in total. The van der Waals surface area contributed by atoms with Gasteiger partial charge in [-0.05, 0) is 33.4 Å². The quantitative estimate of drug-likeness (QED) is 0.542. The molecule has 0 fully saturated rings. The van der Waals surface area contributed by atoms with Crippen LogP contribution >= 0.6 is 15.9 Å². The predicted molar refractivity (Wildman–Crippen MR) is 111 cm³/mol. The predicted octanol–water partition coefficient (Wildman–Crippen LogP) is 5.62. The van der Waals surface area contributed by atoms with Crippen LogP contribution in [0.25, 0.3) is 11.1 Å². The monoisotopic (exact) mass is 421 g/mol. The van der Waals surface area contributed by atoms with Crippen LogP contribution in [0.4, 0.5) is 4.79 Å². The Morgan fingerprint density at radius 3 is 2.19 bits per heavy atom. The molecule has 1 amide bonds. The molecule has 0 radical (unpaired) electrons. The summed E-state index contributed by atoms with van der Waals surface area (Å²) in [5.41, 5.74) is 7.14. The second kappa shape index (κ2) is 7.97. The summed E-state index contributed by atoms with van der Waals surface area (Å²) in [5, 5.41) is 3.64. The molecule has 0 aliphatic heterocycles. The lowest BCUT2D eigenvalue weighted by atomic mass is 9.98. The summed E-state index contributed by atoms with van der Waals surface area (Å²) >= 11 is 3.45. The Hall–Kier alpha value is -2.59. The SMILES string of the molecule is O=C(NCc1cccc(CBr)c1)OCC1c2ccccc2-c2ccccc21. The minimum absolute atomic E-state index is 0.0832. The number of alkyl halides is 1. The molecule has 1 aliphatic rings. The highest BCUT2D eigenvalue weighted by atomic mass is 79.9. The van der Waals surface area contributed by atoms with Crippen molar-refractivity contribution in [2.24, 2.45) is 0 Å². The highest BCUT2D eigenvalue weighted by Crippen LogP contribution is 2.44. The molecule has 0 atom stereocenters. The van der Waals surface area contributed by atoms with Crippen molar-refractivity contribution in [2.75, 3.05) is 6.61 Å². The largest absolute Gasteiger partial charge is 0.449 e. The standard InChI is InChI=1S/C23H20BrNO2/c24-13-16-6-5-7-17(12-16)14-25-23(26)27-15-22-20-10-3-1-8-18(20)19-9-2-4-11-21(19)22/h1-12,22H,13-15H2,(H,25,26). The molecule has 0 saturated heterocycles. The maximum atomic E-state index is 12.2. The fraction of sp³-hybridized carbons (Fsp3) is 0.174. The van der Waals surface area contributed by atoms with Gasteiger partial charge in [0.05, 0.1) is 0 Å². The van der Waals surface area contributed by atoms with Gasteiger partial charge in [0.25, 0.3) is 0 Å². The summed E-state index contributed by atoms with van der Waals surface area (Å²) < 4.78 is 5.56. The zero-order valence-electron chi connectivity index (χ0n) is 14.8. The fourth-order valence-electron chi connectivity index (χ4n) is 3.65. The molecule has 4 heteroatoms. The van der Waals surface area contributed by atoms with Crippen molar-refractivity contribution >= 4 is 22.0 Å². The molecule has 27 heavy (non-hydrogen) atoms. The summed E-state index contributed by atoms with van der Waals surface area (Å²) in [5.74, 6) is 0.0832. The number of ether oxygens (including phenoxy) is 1. The van der Waals surface area contributed by atoms with E-state index in [1.54, 1.807) is 0 Å². The second-order valence-electron chi connectivity index (χ2n) is 6.63. The van der Waals surface area contributed by atoms with Crippen LogP contribution < -0.4 is 5.32 Å². The molecule has 1 N–H and O–H groups in total. The first-order chi connectivity index (χ1) is 13.3. The molecule has 0 unspecified atom stereocenters. The number of carbonyl (C=O) groups is 1. The Bertz CT molecular complexity index is 924. The van der Waals surface area contributed by atoms with Crippen molar-refractivity contribution in [2.45, 2.75) is 17.8 Å². The van der Waals surface area contributed by atoms with E-state index in [2.05, 4.69) is 51.6 Å². The lowest BCUT2D eigenvalue weighted by Crippen LogP contribution is -2.25. The summed E-state index contributed by atoms with van der Waals surface area (Å²) in [6.07, 6.45) is -0.388. The first-order valence-electron chi connectivity index (χ1n) is 8.99. The van der Waals surface area contributed by atoms with E-state index in [1.807, 2.05) is 42.5 Å². The maximum absolute atomic E-state index is 12.2. The third-order valence-corrected chi connectivity index (χ3v) is 5.57. The number of benzene rings is 3. The summed E-state index contributed by atoms with van der Waals surface area (Å²) in [4.78, 5) is 12.2. The van der Waals surface area contributed by atoms with Crippen molar-refractivity contribution in [3.8, 4) is 11.1 Å². The van der Waals surface area contributed by atoms with Crippen molar-refractivity contribution in [3.63, 3.8) is 0 Å². The Balaban J connectivity index is 1.40. The van der Waals surface area contributed by atoms with Crippen LogP contribution in [0.5, 0.6) is 0 Å².